The van der Waals surface area contributed by atoms with Crippen LogP contribution >= 0.6 is 0 Å². The first-order valence-corrected chi connectivity index (χ1v) is 30.0. The molecule has 8 aromatic heterocycles. The van der Waals surface area contributed by atoms with Gasteiger partial charge in [0.05, 0.1) is 52.0 Å². The highest BCUT2D eigenvalue weighted by atomic mass is 16.5. The molecule has 0 bridgehead atoms. The van der Waals surface area contributed by atoms with Crippen LogP contribution in [0, 0.1) is 0 Å². The van der Waals surface area contributed by atoms with Crippen LogP contribution in [0.5, 0.6) is 11.5 Å². The number of aromatic nitrogens is 13. The first kappa shape index (κ1) is 68.3. The van der Waals surface area contributed by atoms with Gasteiger partial charge in [0.15, 0.2) is 5.43 Å². The number of nitrogens with one attached hydrogen (secondary N) is 8. The maximum absolute atomic E-state index is 13.0. The number of benzene rings is 2. The average molecular weight is 1280 g/mol. The van der Waals surface area contributed by atoms with E-state index in [1.807, 2.05) is 112 Å². The van der Waals surface area contributed by atoms with Crippen molar-refractivity contribution in [3.63, 3.8) is 0 Å². The van der Waals surface area contributed by atoms with Crippen molar-refractivity contribution in [2.24, 2.45) is 0 Å². The molecule has 10 aromatic rings. The highest BCUT2D eigenvalue weighted by Crippen LogP contribution is 2.23. The zero-order valence-electron chi connectivity index (χ0n) is 54.1. The molecule has 0 saturated heterocycles. The van der Waals surface area contributed by atoms with E-state index in [2.05, 4.69) is 87.2 Å². The summed E-state index contributed by atoms with van der Waals surface area (Å²) in [5.74, 6) is -1.71. The van der Waals surface area contributed by atoms with Crippen LogP contribution in [0.2, 0.25) is 0 Å². The van der Waals surface area contributed by atoms with Crippen LogP contribution in [-0.4, -0.2) is 129 Å². The standard InChI is InChI=1S/C26H29N7O3.C22H21N7O3.C18H25N5O3/c1-16(2)31-25(35)23-12-19(36-26(3,4)5)11-22(32-23)24(34)29-13-17-14-30-33(15-17)18-6-7-20-21(10-18)28-9-8-27-20;1-13(2)27-22(32)20-9-16(30)8-19(28-20)21(31)25-10-14-11-26-29(12-14)15-3-4-17-18(7-15)24-6-5-23-17;1-11(2)22-17(25)15-7-13(26-18(3,4)5)6-14(23-15)16(24)19-8-12-9-20-21-10-12/h6-12,14-16H,13H2,1-5H3,(H,29,34)(H,31,35);3-9,11-13H,10H2,1-2H3,(H,25,31)(H,27,32)(H,28,30);6-7,9-11H,8H2,1-5H3,(H,19,24)(H,20,21)(H,22,25). The molecule has 0 fully saturated rings. The fourth-order valence-electron chi connectivity index (χ4n) is 8.67. The zero-order chi connectivity index (χ0) is 67.9. The molecule has 2 aromatic carbocycles. The Morgan fingerprint density at radius 2 is 0.851 bits per heavy atom. The lowest BCUT2D eigenvalue weighted by Crippen LogP contribution is -2.33. The summed E-state index contributed by atoms with van der Waals surface area (Å²) in [6.07, 6.45) is 16.8. The Bertz CT molecular complexity index is 4390. The molecule has 94 heavy (non-hydrogen) atoms. The second-order valence-corrected chi connectivity index (χ2v) is 24.3. The summed E-state index contributed by atoms with van der Waals surface area (Å²) in [4.78, 5) is 115. The fourth-order valence-corrected chi connectivity index (χ4v) is 8.67. The number of fused-ring (bicyclic) bond motifs is 2. The monoisotopic (exact) mass is 1280 g/mol. The Hall–Kier alpha value is -11.6. The van der Waals surface area contributed by atoms with Crippen molar-refractivity contribution < 1.29 is 38.2 Å². The molecule has 0 aliphatic heterocycles. The lowest BCUT2D eigenvalue weighted by Gasteiger charge is -2.22. The summed E-state index contributed by atoms with van der Waals surface area (Å²) in [5, 5.41) is 31.8. The predicted molar refractivity (Wildman–Crippen MR) is 350 cm³/mol. The molecule has 0 radical (unpaired) electrons. The predicted octanol–water partition coefficient (Wildman–Crippen LogP) is 7.08. The number of amides is 6. The quantitative estimate of drug-likeness (QED) is 0.0401. The summed E-state index contributed by atoms with van der Waals surface area (Å²) < 4.78 is 15.1. The first-order valence-electron chi connectivity index (χ1n) is 30.0. The van der Waals surface area contributed by atoms with Crippen molar-refractivity contribution in [2.45, 2.75) is 132 Å². The molecular weight excluding hydrogens is 1200 g/mol. The van der Waals surface area contributed by atoms with Crippen molar-refractivity contribution in [1.82, 2.24) is 96.5 Å². The maximum atomic E-state index is 13.0. The van der Waals surface area contributed by atoms with Gasteiger partial charge in [-0.1, -0.05) is 0 Å². The van der Waals surface area contributed by atoms with Crippen LogP contribution in [0.4, 0.5) is 0 Å². The Morgan fingerprint density at radius 1 is 0.468 bits per heavy atom. The minimum Gasteiger partial charge on any atom is -0.488 e. The van der Waals surface area contributed by atoms with Gasteiger partial charge in [-0.2, -0.15) is 15.3 Å². The first-order chi connectivity index (χ1) is 44.6. The topological polar surface area (TPSA) is 368 Å². The molecule has 0 unspecified atom stereocenters. The number of hydrogen-bond donors (Lipinski definition) is 8. The summed E-state index contributed by atoms with van der Waals surface area (Å²) in [6.45, 7) is 23.1. The molecule has 6 amide bonds. The van der Waals surface area contributed by atoms with Gasteiger partial charge in [0.1, 0.15) is 56.9 Å². The second kappa shape index (κ2) is 30.5. The third kappa shape index (κ3) is 20.2. The van der Waals surface area contributed by atoms with Gasteiger partial charge in [-0.3, -0.25) is 58.6 Å². The number of pyridine rings is 3. The molecule has 8 N–H and O–H groups in total. The van der Waals surface area contributed by atoms with Gasteiger partial charge in [-0.05, 0) is 119 Å². The van der Waals surface area contributed by atoms with Gasteiger partial charge in [-0.15, -0.1) is 0 Å². The molecule has 488 valence electrons. The molecule has 28 heteroatoms. The largest absolute Gasteiger partial charge is 0.488 e. The average Bonchev–Trinajstić information content (AvgIpc) is 1.52. The molecule has 0 atom stereocenters. The number of aromatic amines is 2. The zero-order valence-corrected chi connectivity index (χ0v) is 54.1. The van der Waals surface area contributed by atoms with Gasteiger partial charge in [0, 0.05) is 134 Å². The van der Waals surface area contributed by atoms with E-state index >= 15 is 0 Å². The Morgan fingerprint density at radius 3 is 1.26 bits per heavy atom. The van der Waals surface area contributed by atoms with Crippen molar-refractivity contribution in [3.8, 4) is 22.9 Å². The Labute approximate surface area is 541 Å². The van der Waals surface area contributed by atoms with Crippen molar-refractivity contribution in [1.29, 1.82) is 0 Å². The van der Waals surface area contributed by atoms with Gasteiger partial charge in [0.25, 0.3) is 35.4 Å². The number of ether oxygens (including phenoxy) is 2. The second-order valence-electron chi connectivity index (χ2n) is 24.3. The smallest absolute Gasteiger partial charge is 0.270 e. The number of rotatable bonds is 19. The van der Waals surface area contributed by atoms with Crippen LogP contribution in [0.15, 0.2) is 140 Å². The van der Waals surface area contributed by atoms with E-state index < -0.39 is 40.3 Å². The lowest BCUT2D eigenvalue weighted by atomic mass is 10.2. The van der Waals surface area contributed by atoms with E-state index in [1.165, 1.54) is 24.3 Å². The van der Waals surface area contributed by atoms with Gasteiger partial charge >= 0.3 is 0 Å². The third-order valence-electron chi connectivity index (χ3n) is 12.6. The normalized spacial score (nSPS) is 11.3. The summed E-state index contributed by atoms with van der Waals surface area (Å²) in [7, 11) is 0. The number of carbonyl (C=O) groups excluding carboxylic acids is 6. The van der Waals surface area contributed by atoms with E-state index in [0.29, 0.717) is 18.0 Å². The summed E-state index contributed by atoms with van der Waals surface area (Å²) in [6, 6.07) is 19.5. The fraction of sp³-hybridized carbons (Fsp3) is 0.303. The summed E-state index contributed by atoms with van der Waals surface area (Å²) >= 11 is 0. The van der Waals surface area contributed by atoms with Crippen LogP contribution in [-0.2, 0) is 19.6 Å². The Kier molecular flexibility index (Phi) is 22.2. The van der Waals surface area contributed by atoms with E-state index in [9.17, 15) is 33.6 Å². The molecule has 0 aliphatic carbocycles. The molecule has 0 aliphatic rings. The van der Waals surface area contributed by atoms with Crippen LogP contribution < -0.4 is 46.8 Å². The van der Waals surface area contributed by atoms with Gasteiger partial charge in [-0.25, -0.2) is 19.3 Å². The van der Waals surface area contributed by atoms with E-state index in [4.69, 9.17) is 9.47 Å². The van der Waals surface area contributed by atoms with Crippen molar-refractivity contribution in [3.05, 3.63) is 196 Å². The number of nitrogens with zero attached hydrogens (tertiary/aromatic N) is 11. The van der Waals surface area contributed by atoms with E-state index in [0.717, 1.165) is 62.3 Å². The highest BCUT2D eigenvalue weighted by molar-refractivity contribution is 5.99. The SMILES string of the molecule is CC(C)NC(=O)c1cc(=O)cc(C(=O)NCc2cnn(-c3ccc4nccnc4c3)c2)[nH]1.CC(C)NC(=O)c1cc(OC(C)(C)C)cc(C(=O)NCc2cn[nH]c2)n1.CC(C)NC(=O)c1cc(OC(C)(C)C)cc(C(=O)NCc2cnn(-c3ccc4nccnc4c3)c2)n1. The minimum absolute atomic E-state index is 0.00639. The van der Waals surface area contributed by atoms with Crippen LogP contribution in [0.25, 0.3) is 33.4 Å². The summed E-state index contributed by atoms with van der Waals surface area (Å²) in [5.41, 5.74) is 6.19. The van der Waals surface area contributed by atoms with E-state index in [-0.39, 0.29) is 77.2 Å². The van der Waals surface area contributed by atoms with Crippen LogP contribution in [0.3, 0.4) is 0 Å². The number of carbonyl (C=O) groups is 6. The van der Waals surface area contributed by atoms with Gasteiger partial charge < -0.3 is 46.4 Å². The molecule has 10 rings (SSSR count). The minimum atomic E-state index is -0.510. The lowest BCUT2D eigenvalue weighted by molar-refractivity contribution is 0.0916. The Balaban J connectivity index is 0.000000183. The third-order valence-corrected chi connectivity index (χ3v) is 12.6. The number of hydrogen-bond acceptors (Lipinski definition) is 18. The van der Waals surface area contributed by atoms with E-state index in [1.54, 1.807) is 79.0 Å². The molecule has 0 saturated carbocycles. The highest BCUT2D eigenvalue weighted by Gasteiger charge is 2.23. The molecule has 8 heterocycles. The van der Waals surface area contributed by atoms with Crippen molar-refractivity contribution >= 4 is 57.5 Å². The molecule has 0 spiro atoms. The molecule has 28 nitrogen and oxygen atoms in total. The van der Waals surface area contributed by atoms with Gasteiger partial charge in [0.2, 0.25) is 0 Å². The maximum Gasteiger partial charge on any atom is 0.270 e. The van der Waals surface area contributed by atoms with Crippen molar-refractivity contribution in [2.75, 3.05) is 0 Å². The van der Waals surface area contributed by atoms with Crippen LogP contribution in [0.1, 0.15) is 163 Å². The molecular formula is C66H75N19O9. The number of H-pyrrole nitrogens is 2.